The van der Waals surface area contributed by atoms with Gasteiger partial charge in [0.15, 0.2) is 11.6 Å². The minimum Gasteiger partial charge on any atom is -0.294 e. The Bertz CT molecular complexity index is 579. The van der Waals surface area contributed by atoms with Gasteiger partial charge >= 0.3 is 0 Å². The molecule has 4 nitrogen and oxygen atoms in total. The number of carbonyl (C=O) groups excluding carboxylic acids is 1. The Labute approximate surface area is 99.8 Å². The van der Waals surface area contributed by atoms with E-state index < -0.39 is 0 Å². The molecule has 0 unspecified atom stereocenters. The van der Waals surface area contributed by atoms with Crippen molar-refractivity contribution < 1.29 is 4.79 Å². The summed E-state index contributed by atoms with van der Waals surface area (Å²) in [5.74, 6) is 0.530. The second kappa shape index (κ2) is 4.41. The highest BCUT2D eigenvalue weighted by atomic mass is 16.1. The number of hydrogen-bond acceptors (Lipinski definition) is 4. The van der Waals surface area contributed by atoms with Crippen molar-refractivity contribution in [2.75, 3.05) is 0 Å². The van der Waals surface area contributed by atoms with E-state index in [0.29, 0.717) is 17.1 Å². The summed E-state index contributed by atoms with van der Waals surface area (Å²) in [6, 6.07) is 3.84. The second-order valence-electron chi connectivity index (χ2n) is 3.97. The molecule has 2 aromatic heterocycles. The first-order valence-electron chi connectivity index (χ1n) is 5.35. The Morgan fingerprint density at radius 1 is 1.24 bits per heavy atom. The fraction of sp³-hybridized carbons (Fsp3) is 0.231. The highest BCUT2D eigenvalue weighted by molar-refractivity contribution is 5.94. The summed E-state index contributed by atoms with van der Waals surface area (Å²) in [4.78, 5) is 24.0. The fourth-order valence-corrected chi connectivity index (χ4v) is 1.59. The molecule has 0 spiro atoms. The van der Waals surface area contributed by atoms with Gasteiger partial charge in [0.25, 0.3) is 0 Å². The van der Waals surface area contributed by atoms with E-state index in [4.69, 9.17) is 0 Å². The maximum absolute atomic E-state index is 11.3. The Morgan fingerprint density at radius 3 is 2.59 bits per heavy atom. The molecule has 0 aromatic carbocycles. The molecule has 0 aliphatic rings. The molecule has 86 valence electrons. The van der Waals surface area contributed by atoms with Crippen LogP contribution in [0.1, 0.15) is 28.5 Å². The Balaban J connectivity index is 2.48. The monoisotopic (exact) mass is 227 g/mol. The highest BCUT2D eigenvalue weighted by Crippen LogP contribution is 2.15. The van der Waals surface area contributed by atoms with Crippen molar-refractivity contribution in [3.05, 3.63) is 41.3 Å². The number of ketones is 1. The molecule has 0 fully saturated rings. The summed E-state index contributed by atoms with van der Waals surface area (Å²) in [5.41, 5.74) is 3.07. The van der Waals surface area contributed by atoms with Gasteiger partial charge in [0, 0.05) is 12.4 Å². The molecule has 0 bridgehead atoms. The molecule has 0 N–H and O–H groups in total. The maximum Gasteiger partial charge on any atom is 0.178 e. The number of rotatable bonds is 2. The molecule has 0 aliphatic heterocycles. The van der Waals surface area contributed by atoms with Crippen LogP contribution in [0, 0.1) is 13.8 Å². The summed E-state index contributed by atoms with van der Waals surface area (Å²) in [7, 11) is 0. The van der Waals surface area contributed by atoms with Crippen LogP contribution >= 0.6 is 0 Å². The second-order valence-corrected chi connectivity index (χ2v) is 3.97. The third kappa shape index (κ3) is 2.36. The first-order valence-corrected chi connectivity index (χ1v) is 5.35. The van der Waals surface area contributed by atoms with Gasteiger partial charge in [-0.3, -0.25) is 9.78 Å². The average Bonchev–Trinajstić information content (AvgIpc) is 2.28. The van der Waals surface area contributed by atoms with Gasteiger partial charge in [0.05, 0.1) is 11.3 Å². The van der Waals surface area contributed by atoms with E-state index >= 15 is 0 Å². The lowest BCUT2D eigenvalue weighted by atomic mass is 10.1. The van der Waals surface area contributed by atoms with Crippen molar-refractivity contribution >= 4 is 5.78 Å². The van der Waals surface area contributed by atoms with Crippen LogP contribution < -0.4 is 0 Å². The number of hydrogen-bond donors (Lipinski definition) is 0. The first-order chi connectivity index (χ1) is 8.08. The van der Waals surface area contributed by atoms with E-state index in [1.807, 2.05) is 19.1 Å². The average molecular weight is 227 g/mol. The molecular formula is C13H13N3O. The summed E-state index contributed by atoms with van der Waals surface area (Å²) in [6.45, 7) is 5.30. The van der Waals surface area contributed by atoms with Gasteiger partial charge < -0.3 is 0 Å². The van der Waals surface area contributed by atoms with Gasteiger partial charge in [-0.05, 0) is 38.5 Å². The van der Waals surface area contributed by atoms with E-state index in [1.165, 1.54) is 6.92 Å². The van der Waals surface area contributed by atoms with Crippen LogP contribution in [0.25, 0.3) is 11.5 Å². The van der Waals surface area contributed by atoms with Gasteiger partial charge in [-0.25, -0.2) is 9.97 Å². The molecular weight excluding hydrogens is 214 g/mol. The summed E-state index contributed by atoms with van der Waals surface area (Å²) < 4.78 is 0. The lowest BCUT2D eigenvalue weighted by Crippen LogP contribution is -2.02. The van der Waals surface area contributed by atoms with Crippen molar-refractivity contribution in [1.82, 2.24) is 15.0 Å². The van der Waals surface area contributed by atoms with Crippen molar-refractivity contribution in [2.45, 2.75) is 20.8 Å². The van der Waals surface area contributed by atoms with Crippen molar-refractivity contribution in [3.8, 4) is 11.5 Å². The number of aryl methyl sites for hydroxylation is 2. The number of Topliss-reactive ketones (excluding diaryl/α,β-unsaturated/α-hetero) is 1. The molecule has 0 aliphatic carbocycles. The summed E-state index contributed by atoms with van der Waals surface area (Å²) in [6.07, 6.45) is 3.28. The molecule has 0 atom stereocenters. The van der Waals surface area contributed by atoms with Gasteiger partial charge in [0.2, 0.25) is 0 Å². The largest absolute Gasteiger partial charge is 0.294 e. The lowest BCUT2D eigenvalue weighted by molar-refractivity contribution is 0.101. The lowest BCUT2D eigenvalue weighted by Gasteiger charge is -2.04. The van der Waals surface area contributed by atoms with Crippen molar-refractivity contribution in [3.63, 3.8) is 0 Å². The molecule has 2 aromatic rings. The molecule has 2 rings (SSSR count). The summed E-state index contributed by atoms with van der Waals surface area (Å²) in [5, 5.41) is 0. The number of aromatic nitrogens is 3. The van der Waals surface area contributed by atoms with Crippen LogP contribution in [0.3, 0.4) is 0 Å². The van der Waals surface area contributed by atoms with Gasteiger partial charge in [-0.2, -0.15) is 0 Å². The minimum atomic E-state index is -0.0220. The van der Waals surface area contributed by atoms with Crippen LogP contribution in [0.4, 0.5) is 0 Å². The topological polar surface area (TPSA) is 55.7 Å². The molecule has 17 heavy (non-hydrogen) atoms. The molecule has 4 heteroatoms. The Morgan fingerprint density at radius 2 is 2.00 bits per heavy atom. The fourth-order valence-electron chi connectivity index (χ4n) is 1.59. The molecule has 2 heterocycles. The summed E-state index contributed by atoms with van der Waals surface area (Å²) >= 11 is 0. The van der Waals surface area contributed by atoms with E-state index in [-0.39, 0.29) is 5.78 Å². The Hall–Kier alpha value is -2.10. The van der Waals surface area contributed by atoms with E-state index in [2.05, 4.69) is 15.0 Å². The Kier molecular flexibility index (Phi) is 2.95. The molecule has 0 saturated heterocycles. The zero-order valence-electron chi connectivity index (χ0n) is 10.1. The number of pyridine rings is 1. The van der Waals surface area contributed by atoms with Crippen molar-refractivity contribution in [1.29, 1.82) is 0 Å². The number of carbonyl (C=O) groups is 1. The number of nitrogens with zero attached hydrogens (tertiary/aromatic N) is 3. The third-order valence-corrected chi connectivity index (χ3v) is 2.50. The van der Waals surface area contributed by atoms with E-state index in [0.717, 1.165) is 11.3 Å². The quantitative estimate of drug-likeness (QED) is 0.739. The third-order valence-electron chi connectivity index (χ3n) is 2.50. The molecule has 0 saturated carbocycles. The van der Waals surface area contributed by atoms with Crippen LogP contribution in [0.5, 0.6) is 0 Å². The van der Waals surface area contributed by atoms with E-state index in [1.54, 1.807) is 19.3 Å². The SMILES string of the molecule is CC(=O)c1cnc(-c2cc(C)ccn2)nc1C. The van der Waals surface area contributed by atoms with E-state index in [9.17, 15) is 4.79 Å². The van der Waals surface area contributed by atoms with Crippen molar-refractivity contribution in [2.24, 2.45) is 0 Å². The minimum absolute atomic E-state index is 0.0220. The predicted molar refractivity (Wildman–Crippen MR) is 64.7 cm³/mol. The maximum atomic E-state index is 11.3. The highest BCUT2D eigenvalue weighted by Gasteiger charge is 2.09. The standard InChI is InChI=1S/C13H13N3O/c1-8-4-5-14-12(6-8)13-15-7-11(10(3)17)9(2)16-13/h4-7H,1-3H3. The molecule has 0 radical (unpaired) electrons. The molecule has 0 amide bonds. The smallest absolute Gasteiger partial charge is 0.178 e. The zero-order chi connectivity index (χ0) is 12.4. The van der Waals surface area contributed by atoms with Crippen LogP contribution in [-0.2, 0) is 0 Å². The predicted octanol–water partition coefficient (Wildman–Crippen LogP) is 2.36. The van der Waals surface area contributed by atoms with Gasteiger partial charge in [-0.15, -0.1) is 0 Å². The van der Waals surface area contributed by atoms with Crippen LogP contribution in [-0.4, -0.2) is 20.7 Å². The van der Waals surface area contributed by atoms with Crippen LogP contribution in [0.15, 0.2) is 24.5 Å². The zero-order valence-corrected chi connectivity index (χ0v) is 10.1. The van der Waals surface area contributed by atoms with Gasteiger partial charge in [0.1, 0.15) is 5.69 Å². The van der Waals surface area contributed by atoms with Crippen LogP contribution in [0.2, 0.25) is 0 Å². The first kappa shape index (κ1) is 11.4. The normalized spacial score (nSPS) is 10.3. The van der Waals surface area contributed by atoms with Gasteiger partial charge in [-0.1, -0.05) is 0 Å².